The van der Waals surface area contributed by atoms with Crippen LogP contribution in [0.5, 0.6) is 0 Å². The first-order valence-electron chi connectivity index (χ1n) is 1.56. The first-order chi connectivity index (χ1) is 2.91. The van der Waals surface area contributed by atoms with Gasteiger partial charge in [-0.2, -0.15) is 5.90 Å². The second-order valence-electron chi connectivity index (χ2n) is 0.571. The zero-order chi connectivity index (χ0) is 4.83. The maximum atomic E-state index is 4.37. The van der Waals surface area contributed by atoms with E-state index in [-0.39, 0.29) is 0 Å². The van der Waals surface area contributed by atoms with Gasteiger partial charge >= 0.3 is 0 Å². The third-order valence-corrected chi connectivity index (χ3v) is 0.205. The van der Waals surface area contributed by atoms with E-state index in [1.807, 2.05) is 0 Å². The van der Waals surface area contributed by atoms with Crippen molar-refractivity contribution in [2.45, 2.75) is 6.92 Å². The Labute approximate surface area is 35.6 Å². The quantitative estimate of drug-likeness (QED) is 0.297. The largest absolute Gasteiger partial charge is 0.205 e. The maximum Gasteiger partial charge on any atom is 0.0826 e. The Hall–Kier alpha value is -0.160. The Balaban J connectivity index is 2.34. The van der Waals surface area contributed by atoms with Crippen LogP contribution < -0.4 is 5.90 Å². The maximum absolute atomic E-state index is 4.37. The lowest BCUT2D eigenvalue weighted by atomic mass is 10.9. The molecule has 0 aliphatic heterocycles. The Kier molecular flexibility index (Phi) is 4.71. The van der Waals surface area contributed by atoms with E-state index in [2.05, 4.69) is 20.8 Å². The van der Waals surface area contributed by atoms with E-state index in [0.29, 0.717) is 6.61 Å². The lowest BCUT2D eigenvalue weighted by Crippen LogP contribution is -2.00. The molecule has 0 bridgehead atoms. The standard InChI is InChI=1S/C2H7NO3/c1-2-4-6-5-3/h2-3H2,1H3. The summed E-state index contributed by atoms with van der Waals surface area (Å²) in [7, 11) is 0. The molecule has 0 aliphatic rings. The van der Waals surface area contributed by atoms with Crippen LogP contribution in [-0.2, 0) is 14.9 Å². The van der Waals surface area contributed by atoms with Gasteiger partial charge in [-0.15, -0.1) is 4.99 Å². The fraction of sp³-hybridized carbons (Fsp3) is 1.00. The zero-order valence-corrected chi connectivity index (χ0v) is 3.51. The summed E-state index contributed by atoms with van der Waals surface area (Å²) in [5.74, 6) is 4.37. The summed E-state index contributed by atoms with van der Waals surface area (Å²) in [6.07, 6.45) is 0. The van der Waals surface area contributed by atoms with Gasteiger partial charge in [0.1, 0.15) is 0 Å². The van der Waals surface area contributed by atoms with Crippen molar-refractivity contribution < 1.29 is 14.9 Å². The third-order valence-electron chi connectivity index (χ3n) is 0.205. The summed E-state index contributed by atoms with van der Waals surface area (Å²) in [5, 5.41) is 3.76. The van der Waals surface area contributed by atoms with Crippen LogP contribution in [0.25, 0.3) is 0 Å². The highest BCUT2D eigenvalue weighted by molar-refractivity contribution is 3.89. The van der Waals surface area contributed by atoms with E-state index < -0.39 is 0 Å². The van der Waals surface area contributed by atoms with Crippen LogP contribution >= 0.6 is 0 Å². The third kappa shape index (κ3) is 3.84. The highest BCUT2D eigenvalue weighted by atomic mass is 17.5. The van der Waals surface area contributed by atoms with E-state index in [1.165, 1.54) is 0 Å². The minimum absolute atomic E-state index is 0.428. The topological polar surface area (TPSA) is 53.7 Å². The molecule has 0 unspecified atom stereocenters. The summed E-state index contributed by atoms with van der Waals surface area (Å²) in [6, 6.07) is 0. The predicted molar refractivity (Wildman–Crippen MR) is 18.0 cm³/mol. The van der Waals surface area contributed by atoms with Gasteiger partial charge < -0.3 is 0 Å². The normalized spacial score (nSPS) is 9.00. The van der Waals surface area contributed by atoms with Gasteiger partial charge in [-0.05, 0) is 12.0 Å². The van der Waals surface area contributed by atoms with Crippen molar-refractivity contribution in [1.29, 1.82) is 0 Å². The lowest BCUT2D eigenvalue weighted by molar-refractivity contribution is -0.515. The summed E-state index contributed by atoms with van der Waals surface area (Å²) < 4.78 is 0. The molecule has 0 atom stereocenters. The molecule has 0 aromatic rings. The Morgan fingerprint density at radius 1 is 1.67 bits per heavy atom. The van der Waals surface area contributed by atoms with Crippen molar-refractivity contribution in [3.63, 3.8) is 0 Å². The van der Waals surface area contributed by atoms with Crippen LogP contribution in [0.1, 0.15) is 6.92 Å². The number of nitrogens with two attached hydrogens (primary N) is 1. The molecule has 0 heterocycles. The Bertz CT molecular complexity index is 20.8. The molecule has 6 heavy (non-hydrogen) atoms. The minimum Gasteiger partial charge on any atom is -0.205 e. The highest BCUT2D eigenvalue weighted by Gasteiger charge is 1.72. The van der Waals surface area contributed by atoms with Gasteiger partial charge in [0.15, 0.2) is 0 Å². The van der Waals surface area contributed by atoms with E-state index >= 15 is 0 Å². The summed E-state index contributed by atoms with van der Waals surface area (Å²) in [4.78, 5) is 7.70. The minimum atomic E-state index is 0.428. The van der Waals surface area contributed by atoms with Crippen LogP contribution in [-0.4, -0.2) is 6.61 Å². The summed E-state index contributed by atoms with van der Waals surface area (Å²) in [6.45, 7) is 2.18. The smallest absolute Gasteiger partial charge is 0.0826 e. The molecule has 0 aromatic carbocycles. The zero-order valence-electron chi connectivity index (χ0n) is 3.51. The van der Waals surface area contributed by atoms with Crippen LogP contribution in [0.2, 0.25) is 0 Å². The van der Waals surface area contributed by atoms with E-state index in [0.717, 1.165) is 0 Å². The average molecular weight is 93.1 g/mol. The monoisotopic (exact) mass is 93.0 g/mol. The summed E-state index contributed by atoms with van der Waals surface area (Å²) >= 11 is 0. The van der Waals surface area contributed by atoms with Crippen LogP contribution in [0.3, 0.4) is 0 Å². The van der Waals surface area contributed by atoms with Crippen LogP contribution in [0, 0.1) is 0 Å². The van der Waals surface area contributed by atoms with Crippen molar-refractivity contribution >= 4 is 0 Å². The van der Waals surface area contributed by atoms with Crippen LogP contribution in [0.4, 0.5) is 0 Å². The van der Waals surface area contributed by atoms with E-state index in [4.69, 9.17) is 0 Å². The van der Waals surface area contributed by atoms with Gasteiger partial charge in [-0.25, -0.2) is 4.89 Å². The van der Waals surface area contributed by atoms with E-state index in [1.54, 1.807) is 6.92 Å². The van der Waals surface area contributed by atoms with E-state index in [9.17, 15) is 0 Å². The SMILES string of the molecule is CCOOON. The van der Waals surface area contributed by atoms with Gasteiger partial charge in [0.05, 0.1) is 6.61 Å². The summed E-state index contributed by atoms with van der Waals surface area (Å²) in [5.41, 5.74) is 0. The fourth-order valence-corrected chi connectivity index (χ4v) is 0.0759. The fourth-order valence-electron chi connectivity index (χ4n) is 0.0759. The van der Waals surface area contributed by atoms with Crippen molar-refractivity contribution in [3.05, 3.63) is 0 Å². The van der Waals surface area contributed by atoms with Gasteiger partial charge in [0.25, 0.3) is 0 Å². The van der Waals surface area contributed by atoms with Crippen molar-refractivity contribution in [2.75, 3.05) is 6.61 Å². The van der Waals surface area contributed by atoms with Gasteiger partial charge in [0, 0.05) is 0 Å². The molecule has 2 N–H and O–H groups in total. The molecule has 4 nitrogen and oxygen atoms in total. The Morgan fingerprint density at radius 3 is 2.50 bits per heavy atom. The number of hydrogen-bond acceptors (Lipinski definition) is 4. The van der Waals surface area contributed by atoms with Gasteiger partial charge in [-0.3, -0.25) is 0 Å². The highest BCUT2D eigenvalue weighted by Crippen LogP contribution is 1.69. The first kappa shape index (κ1) is 5.84. The van der Waals surface area contributed by atoms with Gasteiger partial charge in [0.2, 0.25) is 0 Å². The molecule has 4 heteroatoms. The molecular weight excluding hydrogens is 86.0 g/mol. The molecule has 0 aromatic heterocycles. The predicted octanol–water partition coefficient (Wildman–Crippen LogP) is -0.240. The molecule has 0 radical (unpaired) electrons. The second-order valence-corrected chi connectivity index (χ2v) is 0.571. The molecule has 0 aliphatic carbocycles. The molecule has 0 saturated heterocycles. The molecule has 0 spiro atoms. The van der Waals surface area contributed by atoms with Crippen molar-refractivity contribution in [1.82, 2.24) is 0 Å². The second kappa shape index (κ2) is 4.84. The number of rotatable bonds is 3. The van der Waals surface area contributed by atoms with Gasteiger partial charge in [-0.1, -0.05) is 0 Å². The molecular formula is C2H7NO3. The van der Waals surface area contributed by atoms with Crippen molar-refractivity contribution in [2.24, 2.45) is 5.90 Å². The first-order valence-corrected chi connectivity index (χ1v) is 1.56. The Morgan fingerprint density at radius 2 is 2.33 bits per heavy atom. The molecule has 0 amide bonds. The average Bonchev–Trinajstić information content (AvgIpc) is 1.61. The molecule has 38 valence electrons. The lowest BCUT2D eigenvalue weighted by Gasteiger charge is -1.89. The molecule has 0 rings (SSSR count). The molecule has 0 fully saturated rings. The van der Waals surface area contributed by atoms with Crippen molar-refractivity contribution in [3.8, 4) is 0 Å². The number of hydrogen-bond donors (Lipinski definition) is 1. The molecule has 0 saturated carbocycles. The van der Waals surface area contributed by atoms with Crippen LogP contribution in [0.15, 0.2) is 0 Å².